The molecule has 3 N–H and O–H groups in total. The molecule has 1 heterocycles. The van der Waals surface area contributed by atoms with E-state index < -0.39 is 17.9 Å². The van der Waals surface area contributed by atoms with Crippen molar-refractivity contribution in [2.75, 3.05) is 23.3 Å². The third-order valence-electron chi connectivity index (χ3n) is 6.17. The van der Waals surface area contributed by atoms with Crippen LogP contribution in [0.4, 0.5) is 15.8 Å². The van der Waals surface area contributed by atoms with Crippen LogP contribution in [0.15, 0.2) is 66.7 Å². The molecule has 0 radical (unpaired) electrons. The van der Waals surface area contributed by atoms with E-state index in [-0.39, 0.29) is 12.8 Å². The predicted molar refractivity (Wildman–Crippen MR) is 128 cm³/mol. The molecule has 1 aliphatic heterocycles. The number of carboxylic acids is 1. The summed E-state index contributed by atoms with van der Waals surface area (Å²) >= 11 is 0. The van der Waals surface area contributed by atoms with Crippen molar-refractivity contribution in [1.29, 1.82) is 0 Å². The van der Waals surface area contributed by atoms with Crippen LogP contribution in [0.25, 0.3) is 0 Å². The zero-order valence-corrected chi connectivity index (χ0v) is 18.5. The van der Waals surface area contributed by atoms with Gasteiger partial charge in [-0.3, -0.25) is 4.79 Å². The molecule has 4 rings (SSSR count). The summed E-state index contributed by atoms with van der Waals surface area (Å²) in [6.45, 7) is 2.00. The molecular weight excluding hydrogens is 419 g/mol. The van der Waals surface area contributed by atoms with Gasteiger partial charge in [0.1, 0.15) is 5.82 Å². The number of rotatable bonds is 9. The second-order valence-electron chi connectivity index (χ2n) is 8.44. The van der Waals surface area contributed by atoms with Gasteiger partial charge in [0, 0.05) is 37.4 Å². The fourth-order valence-corrected chi connectivity index (χ4v) is 4.42. The van der Waals surface area contributed by atoms with Crippen LogP contribution in [0.5, 0.6) is 0 Å². The number of hydrogen-bond acceptors (Lipinski definition) is 4. The average Bonchev–Trinajstić information content (AvgIpc) is 2.82. The highest BCUT2D eigenvalue weighted by Gasteiger charge is 2.22. The number of aryl methyl sites for hydroxylation is 1. The summed E-state index contributed by atoms with van der Waals surface area (Å²) in [6.07, 6.45) is 1.51. The molecule has 0 spiro atoms. The van der Waals surface area contributed by atoms with Crippen molar-refractivity contribution in [2.45, 2.75) is 38.3 Å². The van der Waals surface area contributed by atoms with Crippen molar-refractivity contribution in [3.63, 3.8) is 0 Å². The molecule has 1 aliphatic rings. The first-order valence-corrected chi connectivity index (χ1v) is 11.3. The average molecular weight is 449 g/mol. The molecular formula is C27H29FN2O3. The van der Waals surface area contributed by atoms with Crippen molar-refractivity contribution < 1.29 is 19.4 Å². The molecule has 1 atom stereocenters. The van der Waals surface area contributed by atoms with E-state index in [1.807, 2.05) is 36.4 Å². The summed E-state index contributed by atoms with van der Waals surface area (Å²) in [7, 11) is 0. The fourth-order valence-electron chi connectivity index (χ4n) is 4.42. The smallest absolute Gasteiger partial charge is 0.303 e. The largest absolute Gasteiger partial charge is 0.481 e. The zero-order valence-electron chi connectivity index (χ0n) is 18.5. The molecule has 0 bridgehead atoms. The van der Waals surface area contributed by atoms with Gasteiger partial charge in [0.2, 0.25) is 0 Å². The van der Waals surface area contributed by atoms with Gasteiger partial charge in [-0.15, -0.1) is 0 Å². The lowest BCUT2D eigenvalue weighted by molar-refractivity contribution is -0.136. The van der Waals surface area contributed by atoms with E-state index in [0.717, 1.165) is 36.2 Å². The van der Waals surface area contributed by atoms with Crippen molar-refractivity contribution >= 4 is 17.3 Å². The Balaban J connectivity index is 1.44. The number of hydrogen-bond donors (Lipinski definition) is 3. The van der Waals surface area contributed by atoms with E-state index in [2.05, 4.69) is 22.3 Å². The number of halogens is 1. The van der Waals surface area contributed by atoms with Crippen LogP contribution >= 0.6 is 0 Å². The maximum Gasteiger partial charge on any atom is 0.303 e. The van der Waals surface area contributed by atoms with Crippen LogP contribution < -0.4 is 10.2 Å². The number of nitrogens with zero attached hydrogens (tertiary/aromatic N) is 1. The minimum atomic E-state index is -0.934. The van der Waals surface area contributed by atoms with Crippen LogP contribution in [0.1, 0.15) is 41.2 Å². The van der Waals surface area contributed by atoms with Gasteiger partial charge in [-0.05, 0) is 59.7 Å². The molecule has 0 saturated heterocycles. The Morgan fingerprint density at radius 2 is 1.88 bits per heavy atom. The van der Waals surface area contributed by atoms with Gasteiger partial charge < -0.3 is 20.4 Å². The second-order valence-corrected chi connectivity index (χ2v) is 8.44. The van der Waals surface area contributed by atoms with Crippen LogP contribution in [0.2, 0.25) is 0 Å². The Morgan fingerprint density at radius 3 is 2.64 bits per heavy atom. The maximum absolute atomic E-state index is 14.3. The standard InChI is InChI=1S/C27H29FN2O3/c28-24-16-22(13-11-19(24)12-14-27(32)33)29-17-21-8-4-10-25-23(21)9-5-15-30(25)18-26(31)20-6-2-1-3-7-20/h1-4,6-8,10-11,13,16,26,29,31H,5,9,12,14-15,17-18H2,(H,32,33). The number of aliphatic carboxylic acids is 1. The summed E-state index contributed by atoms with van der Waals surface area (Å²) in [5.74, 6) is -1.33. The Kier molecular flexibility index (Phi) is 7.25. The molecule has 0 aromatic heterocycles. The second kappa shape index (κ2) is 10.5. The number of carboxylic acid groups (broad SMARTS) is 1. The first-order chi connectivity index (χ1) is 16.0. The third-order valence-corrected chi connectivity index (χ3v) is 6.17. The summed E-state index contributed by atoms with van der Waals surface area (Å²) in [4.78, 5) is 13.0. The van der Waals surface area contributed by atoms with Gasteiger partial charge in [-0.1, -0.05) is 48.5 Å². The third kappa shape index (κ3) is 5.71. The molecule has 1 unspecified atom stereocenters. The quantitative estimate of drug-likeness (QED) is 0.432. The first kappa shape index (κ1) is 22.8. The lowest BCUT2D eigenvalue weighted by atomic mass is 9.95. The molecule has 5 nitrogen and oxygen atoms in total. The topological polar surface area (TPSA) is 72.8 Å². The summed E-state index contributed by atoms with van der Waals surface area (Å²) in [5.41, 5.74) is 5.54. The van der Waals surface area contributed by atoms with E-state index >= 15 is 0 Å². The van der Waals surface area contributed by atoms with E-state index in [0.29, 0.717) is 24.3 Å². The lowest BCUT2D eigenvalue weighted by Crippen LogP contribution is -2.33. The highest BCUT2D eigenvalue weighted by molar-refractivity contribution is 5.67. The molecule has 0 amide bonds. The Morgan fingerprint density at radius 1 is 1.06 bits per heavy atom. The van der Waals surface area contributed by atoms with Gasteiger partial charge in [-0.2, -0.15) is 0 Å². The van der Waals surface area contributed by atoms with Crippen LogP contribution in [-0.2, 0) is 24.2 Å². The van der Waals surface area contributed by atoms with Gasteiger partial charge in [-0.25, -0.2) is 4.39 Å². The summed E-state index contributed by atoms with van der Waals surface area (Å²) < 4.78 is 14.3. The van der Waals surface area contributed by atoms with E-state index in [1.165, 1.54) is 11.6 Å². The highest BCUT2D eigenvalue weighted by Crippen LogP contribution is 2.32. The maximum atomic E-state index is 14.3. The van der Waals surface area contributed by atoms with E-state index in [9.17, 15) is 14.3 Å². The molecule has 172 valence electrons. The van der Waals surface area contributed by atoms with Crippen molar-refractivity contribution in [3.05, 3.63) is 94.8 Å². The Labute approximate surface area is 193 Å². The Bertz CT molecular complexity index is 1100. The summed E-state index contributed by atoms with van der Waals surface area (Å²) in [6, 6.07) is 20.8. The molecule has 6 heteroatoms. The molecule has 0 aliphatic carbocycles. The number of aliphatic hydroxyl groups is 1. The lowest BCUT2D eigenvalue weighted by Gasteiger charge is -2.34. The Hall–Kier alpha value is -3.38. The number of fused-ring (bicyclic) bond motifs is 1. The van der Waals surface area contributed by atoms with E-state index in [1.54, 1.807) is 12.1 Å². The van der Waals surface area contributed by atoms with Crippen LogP contribution in [-0.4, -0.2) is 29.3 Å². The number of nitrogens with one attached hydrogen (secondary N) is 1. The van der Waals surface area contributed by atoms with Gasteiger partial charge in [0.15, 0.2) is 0 Å². The molecule has 3 aromatic rings. The van der Waals surface area contributed by atoms with Gasteiger partial charge in [0.25, 0.3) is 0 Å². The van der Waals surface area contributed by atoms with Gasteiger partial charge >= 0.3 is 5.97 Å². The molecule has 0 fully saturated rings. The number of β-amino-alcohol motifs (C(OH)–C–C–N with tert-alkyl or cyclic N) is 1. The van der Waals surface area contributed by atoms with Gasteiger partial charge in [0.05, 0.1) is 6.10 Å². The number of benzene rings is 3. The normalized spacial score (nSPS) is 13.9. The summed E-state index contributed by atoms with van der Waals surface area (Å²) in [5, 5.41) is 22.8. The highest BCUT2D eigenvalue weighted by atomic mass is 19.1. The molecule has 3 aromatic carbocycles. The van der Waals surface area contributed by atoms with E-state index in [4.69, 9.17) is 5.11 Å². The minimum Gasteiger partial charge on any atom is -0.481 e. The SMILES string of the molecule is O=C(O)CCc1ccc(NCc2cccc3c2CCCN3CC(O)c2ccccc2)cc1F. The van der Waals surface area contributed by atoms with Crippen LogP contribution in [0.3, 0.4) is 0 Å². The minimum absolute atomic E-state index is 0.0880. The first-order valence-electron chi connectivity index (χ1n) is 11.3. The fraction of sp³-hybridized carbons (Fsp3) is 0.296. The predicted octanol–water partition coefficient (Wildman–Crippen LogP) is 4.94. The number of carbonyl (C=O) groups is 1. The van der Waals surface area contributed by atoms with Crippen molar-refractivity contribution in [1.82, 2.24) is 0 Å². The number of anilines is 2. The van der Waals surface area contributed by atoms with Crippen molar-refractivity contribution in [3.8, 4) is 0 Å². The van der Waals surface area contributed by atoms with Crippen LogP contribution in [0, 0.1) is 5.82 Å². The number of aliphatic hydroxyl groups excluding tert-OH is 1. The molecule has 33 heavy (non-hydrogen) atoms. The monoisotopic (exact) mass is 448 g/mol. The zero-order chi connectivity index (χ0) is 23.2. The van der Waals surface area contributed by atoms with Crippen molar-refractivity contribution in [2.24, 2.45) is 0 Å². The molecule has 0 saturated carbocycles.